The first-order chi connectivity index (χ1) is 14.9. The number of fused-ring (bicyclic) bond motifs is 1. The molecule has 2 heterocycles. The highest BCUT2D eigenvalue weighted by atomic mass is 32.2. The predicted octanol–water partition coefficient (Wildman–Crippen LogP) is 2.34. The van der Waals surface area contributed by atoms with Crippen molar-refractivity contribution in [3.63, 3.8) is 0 Å². The smallest absolute Gasteiger partial charge is 0.259 e. The average Bonchev–Trinajstić information content (AvgIpc) is 3.21. The van der Waals surface area contributed by atoms with Gasteiger partial charge in [-0.3, -0.25) is 0 Å². The van der Waals surface area contributed by atoms with Gasteiger partial charge in [-0.2, -0.15) is 0 Å². The molecule has 1 aliphatic heterocycles. The maximum absolute atomic E-state index is 14.7. The number of aromatic nitrogens is 2. The number of halogens is 1. The van der Waals surface area contributed by atoms with Crippen LogP contribution in [-0.4, -0.2) is 37.7 Å². The molecule has 2 unspecified atom stereocenters. The van der Waals surface area contributed by atoms with E-state index in [0.29, 0.717) is 12.4 Å². The highest BCUT2D eigenvalue weighted by Crippen LogP contribution is 2.37. The van der Waals surface area contributed by atoms with E-state index in [2.05, 4.69) is 27.2 Å². The lowest BCUT2D eigenvalue weighted by molar-refractivity contribution is 0.217. The van der Waals surface area contributed by atoms with Gasteiger partial charge < -0.3 is 14.6 Å². The van der Waals surface area contributed by atoms with Crippen LogP contribution in [0.1, 0.15) is 22.6 Å². The normalized spacial score (nSPS) is 18.4. The first-order valence-corrected chi connectivity index (χ1v) is 11.5. The number of ether oxygens (including phenoxy) is 1. The Morgan fingerprint density at radius 1 is 1.26 bits per heavy atom. The van der Waals surface area contributed by atoms with Crippen LogP contribution in [0.2, 0.25) is 0 Å². The molecular weight excluding hydrogens is 419 g/mol. The molecule has 164 valence electrons. The van der Waals surface area contributed by atoms with E-state index in [0.717, 1.165) is 12.0 Å². The van der Waals surface area contributed by atoms with Crippen LogP contribution in [0.15, 0.2) is 60.0 Å². The van der Waals surface area contributed by atoms with Crippen molar-refractivity contribution >= 4 is 10.0 Å². The van der Waals surface area contributed by atoms with Crippen molar-refractivity contribution in [1.82, 2.24) is 19.6 Å². The number of nitrogens with one attached hydrogen (secondary N) is 2. The maximum Gasteiger partial charge on any atom is 0.259 e. The summed E-state index contributed by atoms with van der Waals surface area (Å²) < 4.78 is 49.5. The lowest BCUT2D eigenvalue weighted by atomic mass is 9.83. The van der Waals surface area contributed by atoms with E-state index < -0.39 is 15.8 Å². The van der Waals surface area contributed by atoms with Crippen LogP contribution in [0.3, 0.4) is 0 Å². The summed E-state index contributed by atoms with van der Waals surface area (Å²) in [5, 5.41) is 3.19. The van der Waals surface area contributed by atoms with Crippen molar-refractivity contribution in [3.8, 4) is 5.75 Å². The number of nitrogens with zero attached hydrogens (tertiary/aromatic N) is 2. The Kier molecular flexibility index (Phi) is 6.08. The first-order valence-electron chi connectivity index (χ1n) is 10.0. The monoisotopic (exact) mass is 444 g/mol. The van der Waals surface area contributed by atoms with E-state index in [-0.39, 0.29) is 29.1 Å². The van der Waals surface area contributed by atoms with E-state index in [1.54, 1.807) is 13.1 Å². The molecule has 0 fully saturated rings. The molecule has 0 spiro atoms. The van der Waals surface area contributed by atoms with Crippen molar-refractivity contribution in [2.75, 3.05) is 13.7 Å². The molecule has 2 N–H and O–H groups in total. The second-order valence-corrected chi connectivity index (χ2v) is 9.40. The molecule has 31 heavy (non-hydrogen) atoms. The fraction of sp³-hybridized carbons (Fsp3) is 0.318. The van der Waals surface area contributed by atoms with E-state index in [1.807, 2.05) is 25.2 Å². The van der Waals surface area contributed by atoms with Gasteiger partial charge in [0, 0.05) is 43.4 Å². The van der Waals surface area contributed by atoms with Gasteiger partial charge in [0.25, 0.3) is 10.0 Å². The number of likely N-dealkylation sites (N-methyl/N-ethyl adjacent to an activating group) is 1. The average molecular weight is 445 g/mol. The SMILES string of the molecule is CNC1COc2cc(F)c(CNS(=O)(=O)c3cn(C)cn3)cc2C1Cc1ccccc1. The van der Waals surface area contributed by atoms with Crippen molar-refractivity contribution < 1.29 is 17.5 Å². The highest BCUT2D eigenvalue weighted by molar-refractivity contribution is 7.89. The lowest BCUT2D eigenvalue weighted by Gasteiger charge is -2.34. The van der Waals surface area contributed by atoms with Gasteiger partial charge in [-0.05, 0) is 30.7 Å². The molecule has 1 aromatic heterocycles. The van der Waals surface area contributed by atoms with Crippen LogP contribution in [0, 0.1) is 5.82 Å². The van der Waals surface area contributed by atoms with Crippen LogP contribution in [0.5, 0.6) is 5.75 Å². The number of sulfonamides is 1. The fourth-order valence-corrected chi connectivity index (χ4v) is 4.85. The van der Waals surface area contributed by atoms with Gasteiger partial charge >= 0.3 is 0 Å². The van der Waals surface area contributed by atoms with Gasteiger partial charge in [-0.1, -0.05) is 30.3 Å². The molecule has 9 heteroatoms. The van der Waals surface area contributed by atoms with E-state index in [4.69, 9.17) is 4.74 Å². The van der Waals surface area contributed by atoms with Crippen LogP contribution in [0.4, 0.5) is 4.39 Å². The van der Waals surface area contributed by atoms with Crippen molar-refractivity contribution in [1.29, 1.82) is 0 Å². The molecule has 0 radical (unpaired) electrons. The molecular formula is C22H25FN4O3S. The number of aryl methyl sites for hydroxylation is 1. The zero-order valence-corrected chi connectivity index (χ0v) is 18.2. The molecule has 0 amide bonds. The van der Waals surface area contributed by atoms with Gasteiger partial charge in [0.15, 0.2) is 5.03 Å². The number of benzene rings is 2. The molecule has 0 aliphatic carbocycles. The zero-order chi connectivity index (χ0) is 22.0. The summed E-state index contributed by atoms with van der Waals surface area (Å²) in [6.45, 7) is 0.256. The standard InChI is InChI=1S/C22H25FN4O3S/c1-24-20-13-30-21-10-19(23)16(11-26-31(28,29)22-12-27(2)14-25-22)9-18(21)17(20)8-15-6-4-3-5-7-15/h3-7,9-10,12,14,17,20,24,26H,8,11,13H2,1-2H3. The Labute approximate surface area is 181 Å². The number of imidazole rings is 1. The summed E-state index contributed by atoms with van der Waals surface area (Å²) >= 11 is 0. The van der Waals surface area contributed by atoms with Crippen molar-refractivity contribution in [2.24, 2.45) is 7.05 Å². The van der Waals surface area contributed by atoms with Gasteiger partial charge in [0.1, 0.15) is 18.2 Å². The Bertz CT molecular complexity index is 1160. The van der Waals surface area contributed by atoms with Crippen molar-refractivity contribution in [3.05, 3.63) is 77.5 Å². The molecule has 3 aromatic rings. The number of rotatable bonds is 7. The molecule has 0 saturated heterocycles. The largest absolute Gasteiger partial charge is 0.492 e. The summed E-state index contributed by atoms with van der Waals surface area (Å²) in [6, 6.07) is 13.2. The Hall–Kier alpha value is -2.75. The zero-order valence-electron chi connectivity index (χ0n) is 17.4. The lowest BCUT2D eigenvalue weighted by Crippen LogP contribution is -2.41. The predicted molar refractivity (Wildman–Crippen MR) is 115 cm³/mol. The summed E-state index contributed by atoms with van der Waals surface area (Å²) in [7, 11) is -0.287. The molecule has 2 aromatic carbocycles. The topological polar surface area (TPSA) is 85.3 Å². The summed E-state index contributed by atoms with van der Waals surface area (Å²) in [6.07, 6.45) is 3.55. The van der Waals surface area contributed by atoms with Crippen LogP contribution in [0.25, 0.3) is 0 Å². The third-order valence-corrected chi connectivity index (χ3v) is 6.85. The quantitative estimate of drug-likeness (QED) is 0.584. The Morgan fingerprint density at radius 2 is 2.03 bits per heavy atom. The fourth-order valence-electron chi connectivity index (χ4n) is 3.86. The number of hydrogen-bond acceptors (Lipinski definition) is 5. The molecule has 4 rings (SSSR count). The van der Waals surface area contributed by atoms with Crippen LogP contribution < -0.4 is 14.8 Å². The Balaban J connectivity index is 1.62. The maximum atomic E-state index is 14.7. The van der Waals surface area contributed by atoms with Crippen molar-refractivity contribution in [2.45, 2.75) is 30.0 Å². The third-order valence-electron chi connectivity index (χ3n) is 5.56. The van der Waals surface area contributed by atoms with Crippen LogP contribution >= 0.6 is 0 Å². The first kappa shape index (κ1) is 21.5. The van der Waals surface area contributed by atoms with Gasteiger partial charge in [0.05, 0.1) is 6.33 Å². The summed E-state index contributed by atoms with van der Waals surface area (Å²) in [4.78, 5) is 3.86. The Morgan fingerprint density at radius 3 is 2.71 bits per heavy atom. The molecule has 7 nitrogen and oxygen atoms in total. The van der Waals surface area contributed by atoms with Gasteiger partial charge in [-0.15, -0.1) is 0 Å². The molecule has 0 saturated carbocycles. The van der Waals surface area contributed by atoms with Gasteiger partial charge in [-0.25, -0.2) is 22.5 Å². The second-order valence-electron chi connectivity index (χ2n) is 7.69. The molecule has 1 aliphatic rings. The number of hydrogen-bond donors (Lipinski definition) is 2. The van der Waals surface area contributed by atoms with E-state index in [1.165, 1.54) is 28.7 Å². The second kappa shape index (κ2) is 8.78. The van der Waals surface area contributed by atoms with E-state index >= 15 is 0 Å². The van der Waals surface area contributed by atoms with Gasteiger partial charge in [0.2, 0.25) is 0 Å². The van der Waals surface area contributed by atoms with E-state index in [9.17, 15) is 12.8 Å². The summed E-state index contributed by atoms with van der Waals surface area (Å²) in [5.41, 5.74) is 2.29. The summed E-state index contributed by atoms with van der Waals surface area (Å²) in [5.74, 6) is 0.0491. The highest BCUT2D eigenvalue weighted by Gasteiger charge is 2.31. The van der Waals surface area contributed by atoms with Crippen LogP contribution in [-0.2, 0) is 30.0 Å². The minimum absolute atomic E-state index is 0.0521. The third kappa shape index (κ3) is 4.63. The molecule has 0 bridgehead atoms. The molecule has 2 atom stereocenters. The minimum atomic E-state index is -3.85. The minimum Gasteiger partial charge on any atom is -0.492 e.